The van der Waals surface area contributed by atoms with Gasteiger partial charge in [0.2, 0.25) is 0 Å². The molecule has 8 nitrogen and oxygen atoms in total. The van der Waals surface area contributed by atoms with Crippen LogP contribution < -0.4 is 5.56 Å². The van der Waals surface area contributed by atoms with E-state index in [2.05, 4.69) is 9.72 Å². The van der Waals surface area contributed by atoms with Crippen molar-refractivity contribution in [1.82, 2.24) is 9.55 Å². The number of rotatable bonds is 4. The van der Waals surface area contributed by atoms with E-state index in [-0.39, 0.29) is 12.2 Å². The van der Waals surface area contributed by atoms with E-state index < -0.39 is 11.9 Å². The number of thiophene rings is 1. The number of aryl methyl sites for hydroxylation is 3. The van der Waals surface area contributed by atoms with E-state index >= 15 is 0 Å². The summed E-state index contributed by atoms with van der Waals surface area (Å²) in [6, 6.07) is 1.49. The predicted octanol–water partition coefficient (Wildman–Crippen LogP) is 2.76. The highest BCUT2D eigenvalue weighted by Crippen LogP contribution is 2.29. The molecular weight excluding hydrogens is 384 g/mol. The lowest BCUT2D eigenvalue weighted by atomic mass is 10.2. The van der Waals surface area contributed by atoms with E-state index in [4.69, 9.17) is 9.15 Å². The molecule has 0 N–H and O–H groups in total. The lowest BCUT2D eigenvalue weighted by molar-refractivity contribution is 0.0449. The van der Waals surface area contributed by atoms with E-state index in [1.807, 2.05) is 0 Å². The van der Waals surface area contributed by atoms with Crippen LogP contribution in [0.25, 0.3) is 10.2 Å². The molecule has 0 amide bonds. The fourth-order valence-corrected chi connectivity index (χ4v) is 4.48. The molecule has 0 saturated carbocycles. The van der Waals surface area contributed by atoms with Crippen LogP contribution in [-0.2, 0) is 29.0 Å². The van der Waals surface area contributed by atoms with Gasteiger partial charge in [0.15, 0.2) is 0 Å². The highest BCUT2D eigenvalue weighted by Gasteiger charge is 2.24. The van der Waals surface area contributed by atoms with Gasteiger partial charge in [-0.1, -0.05) is 0 Å². The molecule has 3 aromatic heterocycles. The summed E-state index contributed by atoms with van der Waals surface area (Å²) in [6.45, 7) is 3.89. The monoisotopic (exact) mass is 402 g/mol. The van der Waals surface area contributed by atoms with Crippen LogP contribution in [0.3, 0.4) is 0 Å². The van der Waals surface area contributed by atoms with Crippen molar-refractivity contribution in [3.05, 3.63) is 49.8 Å². The number of carbonyl (C=O) groups is 2. The molecule has 1 aliphatic heterocycles. The van der Waals surface area contributed by atoms with E-state index in [1.165, 1.54) is 13.2 Å². The Balaban J connectivity index is 1.58. The van der Waals surface area contributed by atoms with Gasteiger partial charge >= 0.3 is 11.9 Å². The summed E-state index contributed by atoms with van der Waals surface area (Å²) in [7, 11) is 1.28. The second-order valence-electron chi connectivity index (χ2n) is 6.58. The highest BCUT2D eigenvalue weighted by atomic mass is 32.1. The first-order valence-electron chi connectivity index (χ1n) is 8.78. The minimum Gasteiger partial charge on any atom is -0.465 e. The number of fused-ring (bicyclic) bond motifs is 2. The van der Waals surface area contributed by atoms with Gasteiger partial charge in [-0.2, -0.15) is 0 Å². The second kappa shape index (κ2) is 6.90. The quantitative estimate of drug-likeness (QED) is 0.619. The standard InChI is InChI=1S/C19H18N2O6S/c1-9-14-16(20-13-5-4-6-21(13)17(14)22)28-15(9)19(24)26-8-11-7-12(10(2)27-11)18(23)25-3/h7H,4-6,8H2,1-3H3. The van der Waals surface area contributed by atoms with Crippen LogP contribution in [0, 0.1) is 13.8 Å². The summed E-state index contributed by atoms with van der Waals surface area (Å²) < 4.78 is 17.1. The van der Waals surface area contributed by atoms with Crippen molar-refractivity contribution < 1.29 is 23.5 Å². The predicted molar refractivity (Wildman–Crippen MR) is 101 cm³/mol. The molecule has 28 heavy (non-hydrogen) atoms. The van der Waals surface area contributed by atoms with Crippen molar-refractivity contribution in [2.75, 3.05) is 7.11 Å². The number of methoxy groups -OCH3 is 1. The number of carbonyl (C=O) groups excluding carboxylic acids is 2. The van der Waals surface area contributed by atoms with Crippen LogP contribution >= 0.6 is 11.3 Å². The first kappa shape index (κ1) is 18.4. The molecule has 9 heteroatoms. The van der Waals surface area contributed by atoms with Gasteiger partial charge in [-0.25, -0.2) is 14.6 Å². The zero-order chi connectivity index (χ0) is 20.0. The normalized spacial score (nSPS) is 13.0. The van der Waals surface area contributed by atoms with Crippen LogP contribution in [0.15, 0.2) is 15.3 Å². The smallest absolute Gasteiger partial charge is 0.349 e. The molecule has 0 aliphatic carbocycles. The average molecular weight is 402 g/mol. The van der Waals surface area contributed by atoms with Gasteiger partial charge in [0.05, 0.1) is 12.5 Å². The van der Waals surface area contributed by atoms with Crippen molar-refractivity contribution in [3.8, 4) is 0 Å². The Morgan fingerprint density at radius 1 is 1.32 bits per heavy atom. The van der Waals surface area contributed by atoms with Crippen LogP contribution in [0.4, 0.5) is 0 Å². The molecule has 1 aliphatic rings. The van der Waals surface area contributed by atoms with E-state index in [0.717, 1.165) is 30.0 Å². The Morgan fingerprint density at radius 2 is 2.11 bits per heavy atom. The zero-order valence-corrected chi connectivity index (χ0v) is 16.5. The van der Waals surface area contributed by atoms with Crippen LogP contribution in [0.1, 0.15) is 49.4 Å². The number of furan rings is 1. The lowest BCUT2D eigenvalue weighted by Gasteiger charge is -2.02. The van der Waals surface area contributed by atoms with Crippen molar-refractivity contribution in [1.29, 1.82) is 0 Å². The van der Waals surface area contributed by atoms with Crippen LogP contribution in [-0.4, -0.2) is 28.6 Å². The highest BCUT2D eigenvalue weighted by molar-refractivity contribution is 7.20. The minimum atomic E-state index is -0.557. The third-order valence-corrected chi connectivity index (χ3v) is 5.98. The molecule has 0 aromatic carbocycles. The van der Waals surface area contributed by atoms with Gasteiger partial charge in [-0.15, -0.1) is 11.3 Å². The Kier molecular flexibility index (Phi) is 4.54. The van der Waals surface area contributed by atoms with Gasteiger partial charge in [-0.3, -0.25) is 9.36 Å². The van der Waals surface area contributed by atoms with Crippen LogP contribution in [0.5, 0.6) is 0 Å². The first-order chi connectivity index (χ1) is 13.4. The molecule has 0 bridgehead atoms. The number of hydrogen-bond acceptors (Lipinski definition) is 8. The topological polar surface area (TPSA) is 101 Å². The number of nitrogens with zero attached hydrogens (tertiary/aromatic N) is 2. The Bertz CT molecular complexity index is 1170. The summed E-state index contributed by atoms with van der Waals surface area (Å²) in [4.78, 5) is 42.4. The van der Waals surface area contributed by atoms with E-state index in [9.17, 15) is 14.4 Å². The summed E-state index contributed by atoms with van der Waals surface area (Å²) in [5.41, 5.74) is 0.767. The summed E-state index contributed by atoms with van der Waals surface area (Å²) in [5.74, 6) is 0.419. The molecule has 0 radical (unpaired) electrons. The Labute approximate surface area is 163 Å². The zero-order valence-electron chi connectivity index (χ0n) is 15.7. The van der Waals surface area contributed by atoms with Gasteiger partial charge < -0.3 is 13.9 Å². The van der Waals surface area contributed by atoms with E-state index in [1.54, 1.807) is 18.4 Å². The molecule has 0 spiro atoms. The fourth-order valence-electron chi connectivity index (χ4n) is 3.40. The van der Waals surface area contributed by atoms with Crippen molar-refractivity contribution >= 4 is 33.5 Å². The Hall–Kier alpha value is -2.94. The molecule has 0 saturated heterocycles. The first-order valence-corrected chi connectivity index (χ1v) is 9.60. The molecule has 0 fully saturated rings. The Morgan fingerprint density at radius 3 is 2.86 bits per heavy atom. The van der Waals surface area contributed by atoms with Gasteiger partial charge in [0, 0.05) is 13.0 Å². The van der Waals surface area contributed by atoms with Gasteiger partial charge in [0.25, 0.3) is 5.56 Å². The van der Waals surface area contributed by atoms with Crippen molar-refractivity contribution in [2.24, 2.45) is 0 Å². The van der Waals surface area contributed by atoms with E-state index in [0.29, 0.717) is 44.3 Å². The maximum atomic E-state index is 12.7. The lowest BCUT2D eigenvalue weighted by Crippen LogP contribution is -2.20. The van der Waals surface area contributed by atoms with Crippen molar-refractivity contribution in [2.45, 2.75) is 39.8 Å². The van der Waals surface area contributed by atoms with Crippen LogP contribution in [0.2, 0.25) is 0 Å². The number of ether oxygens (including phenoxy) is 2. The number of hydrogen-bond donors (Lipinski definition) is 0. The maximum absolute atomic E-state index is 12.7. The number of esters is 2. The molecular formula is C19H18N2O6S. The van der Waals surface area contributed by atoms with Gasteiger partial charge in [-0.05, 0) is 31.9 Å². The second-order valence-corrected chi connectivity index (χ2v) is 7.57. The average Bonchev–Trinajstić information content (AvgIpc) is 3.37. The number of aromatic nitrogens is 2. The summed E-state index contributed by atoms with van der Waals surface area (Å²) in [5, 5.41) is 0.476. The van der Waals surface area contributed by atoms with Crippen molar-refractivity contribution in [3.63, 3.8) is 0 Å². The molecule has 4 heterocycles. The minimum absolute atomic E-state index is 0.102. The molecule has 4 rings (SSSR count). The van der Waals surface area contributed by atoms with Gasteiger partial charge in [0.1, 0.15) is 39.2 Å². The SMILES string of the molecule is COC(=O)c1cc(COC(=O)c2sc3nc4n(c(=O)c3c2C)CCC4)oc1C. The maximum Gasteiger partial charge on any atom is 0.349 e. The molecule has 0 atom stereocenters. The third-order valence-electron chi connectivity index (χ3n) is 4.82. The summed E-state index contributed by atoms with van der Waals surface area (Å²) >= 11 is 1.16. The molecule has 146 valence electrons. The fraction of sp³-hybridized carbons (Fsp3) is 0.368. The largest absolute Gasteiger partial charge is 0.465 e. The summed E-state index contributed by atoms with van der Waals surface area (Å²) in [6.07, 6.45) is 1.67. The molecule has 3 aromatic rings. The third kappa shape index (κ3) is 2.91. The molecule has 0 unspecified atom stereocenters.